The number of carbonyl (C=O) groups excluding carboxylic acids is 1. The van der Waals surface area contributed by atoms with Gasteiger partial charge in [0.15, 0.2) is 0 Å². The summed E-state index contributed by atoms with van der Waals surface area (Å²) < 4.78 is 16.8. The zero-order chi connectivity index (χ0) is 15.2. The van der Waals surface area contributed by atoms with Gasteiger partial charge in [-0.1, -0.05) is 42.0 Å². The van der Waals surface area contributed by atoms with Crippen LogP contribution in [0.25, 0.3) is 0 Å². The molecule has 3 nitrogen and oxygen atoms in total. The second-order valence-electron chi connectivity index (χ2n) is 4.91. The highest BCUT2D eigenvalue weighted by Crippen LogP contribution is 2.12. The lowest BCUT2D eigenvalue weighted by molar-refractivity contribution is 0.0600. The highest BCUT2D eigenvalue weighted by molar-refractivity contribution is 7.83. The molecule has 0 radical (unpaired) electrons. The molecule has 0 fully saturated rings. The standard InChI is InChI=1S/C17H18O3S/c1-13-4-3-5-15(10-13)12-21(19)11-14-6-8-16(9-7-14)17(18)20-2/h3-10H,11-12H2,1-2H3. The molecule has 0 aliphatic rings. The second-order valence-corrected chi connectivity index (χ2v) is 6.36. The zero-order valence-electron chi connectivity index (χ0n) is 12.2. The number of methoxy groups -OCH3 is 1. The quantitative estimate of drug-likeness (QED) is 0.796. The first-order chi connectivity index (χ1) is 10.1. The lowest BCUT2D eigenvalue weighted by atomic mass is 10.1. The first-order valence-electron chi connectivity index (χ1n) is 6.66. The van der Waals surface area contributed by atoms with Gasteiger partial charge in [0.05, 0.1) is 12.7 Å². The molecule has 0 saturated heterocycles. The van der Waals surface area contributed by atoms with Gasteiger partial charge in [-0.05, 0) is 30.2 Å². The Hall–Kier alpha value is -1.94. The van der Waals surface area contributed by atoms with Gasteiger partial charge in [0, 0.05) is 22.3 Å². The Balaban J connectivity index is 1.98. The summed E-state index contributed by atoms with van der Waals surface area (Å²) in [4.78, 5) is 11.3. The van der Waals surface area contributed by atoms with Crippen molar-refractivity contribution in [3.63, 3.8) is 0 Å². The Labute approximate surface area is 127 Å². The highest BCUT2D eigenvalue weighted by Gasteiger charge is 2.07. The molecule has 4 heteroatoms. The molecule has 2 aromatic carbocycles. The molecule has 2 rings (SSSR count). The van der Waals surface area contributed by atoms with Crippen molar-refractivity contribution in [2.24, 2.45) is 0 Å². The predicted molar refractivity (Wildman–Crippen MR) is 84.5 cm³/mol. The molecule has 110 valence electrons. The van der Waals surface area contributed by atoms with Crippen LogP contribution in [-0.4, -0.2) is 17.3 Å². The number of esters is 1. The number of aryl methyl sites for hydroxylation is 1. The molecular formula is C17H18O3S. The number of ether oxygens (including phenoxy) is 1. The molecule has 0 heterocycles. The van der Waals surface area contributed by atoms with E-state index in [9.17, 15) is 9.00 Å². The van der Waals surface area contributed by atoms with Crippen molar-refractivity contribution in [2.45, 2.75) is 18.4 Å². The molecule has 0 N–H and O–H groups in total. The Bertz CT molecular complexity index is 647. The molecule has 21 heavy (non-hydrogen) atoms. The average Bonchev–Trinajstić information content (AvgIpc) is 2.47. The molecule has 0 saturated carbocycles. The fraction of sp³-hybridized carbons (Fsp3) is 0.235. The van der Waals surface area contributed by atoms with Gasteiger partial charge in [-0.2, -0.15) is 0 Å². The summed E-state index contributed by atoms with van der Waals surface area (Å²) in [6.07, 6.45) is 0. The van der Waals surface area contributed by atoms with Gasteiger partial charge >= 0.3 is 5.97 Å². The van der Waals surface area contributed by atoms with E-state index < -0.39 is 10.8 Å². The highest BCUT2D eigenvalue weighted by atomic mass is 32.2. The Morgan fingerprint density at radius 2 is 1.71 bits per heavy atom. The fourth-order valence-electron chi connectivity index (χ4n) is 2.08. The summed E-state index contributed by atoms with van der Waals surface area (Å²) in [5, 5.41) is 0. The molecule has 1 atom stereocenters. The van der Waals surface area contributed by atoms with Gasteiger partial charge in [0.2, 0.25) is 0 Å². The van der Waals surface area contributed by atoms with E-state index in [1.807, 2.05) is 37.3 Å². The predicted octanol–water partition coefficient (Wildman–Crippen LogP) is 3.23. The van der Waals surface area contributed by atoms with E-state index in [2.05, 4.69) is 10.8 Å². The molecule has 0 amide bonds. The topological polar surface area (TPSA) is 43.4 Å². The smallest absolute Gasteiger partial charge is 0.337 e. The summed E-state index contributed by atoms with van der Waals surface area (Å²) in [6.45, 7) is 2.03. The molecule has 0 spiro atoms. The number of benzene rings is 2. The number of carbonyl (C=O) groups is 1. The van der Waals surface area contributed by atoms with Crippen LogP contribution in [0, 0.1) is 6.92 Å². The summed E-state index contributed by atoms with van der Waals surface area (Å²) >= 11 is 0. The molecule has 0 bridgehead atoms. The molecular weight excluding hydrogens is 284 g/mol. The van der Waals surface area contributed by atoms with E-state index in [-0.39, 0.29) is 5.97 Å². The summed E-state index contributed by atoms with van der Waals surface area (Å²) in [7, 11) is 0.389. The van der Waals surface area contributed by atoms with Crippen LogP contribution < -0.4 is 0 Å². The van der Waals surface area contributed by atoms with E-state index in [0.29, 0.717) is 17.1 Å². The number of rotatable bonds is 5. The second kappa shape index (κ2) is 7.18. The summed E-state index contributed by atoms with van der Waals surface area (Å²) in [5.41, 5.74) is 3.71. The maximum Gasteiger partial charge on any atom is 0.337 e. The maximum absolute atomic E-state index is 12.2. The van der Waals surface area contributed by atoms with Crippen molar-refractivity contribution in [3.05, 3.63) is 70.8 Å². The SMILES string of the molecule is COC(=O)c1ccc(CS(=O)Cc2cccc(C)c2)cc1. The van der Waals surface area contributed by atoms with Crippen LogP contribution in [0.15, 0.2) is 48.5 Å². The largest absolute Gasteiger partial charge is 0.465 e. The van der Waals surface area contributed by atoms with Gasteiger partial charge < -0.3 is 4.74 Å². The first-order valence-corrected chi connectivity index (χ1v) is 8.15. The van der Waals surface area contributed by atoms with Crippen molar-refractivity contribution in [1.82, 2.24) is 0 Å². The Morgan fingerprint density at radius 1 is 1.05 bits per heavy atom. The maximum atomic E-state index is 12.2. The van der Waals surface area contributed by atoms with Gasteiger partial charge in [-0.25, -0.2) is 4.79 Å². The Morgan fingerprint density at radius 3 is 2.33 bits per heavy atom. The van der Waals surface area contributed by atoms with Gasteiger partial charge in [-0.3, -0.25) is 4.21 Å². The number of hydrogen-bond acceptors (Lipinski definition) is 3. The van der Waals surface area contributed by atoms with Crippen molar-refractivity contribution in [2.75, 3.05) is 7.11 Å². The first kappa shape index (κ1) is 15.4. The normalized spacial score (nSPS) is 11.9. The summed E-state index contributed by atoms with van der Waals surface area (Å²) in [6, 6.07) is 15.1. The average molecular weight is 302 g/mol. The Kier molecular flexibility index (Phi) is 5.28. The van der Waals surface area contributed by atoms with E-state index in [0.717, 1.165) is 11.1 Å². The minimum Gasteiger partial charge on any atom is -0.465 e. The van der Waals surface area contributed by atoms with E-state index in [1.54, 1.807) is 12.1 Å². The summed E-state index contributed by atoms with van der Waals surface area (Å²) in [5.74, 6) is 0.665. The fourth-order valence-corrected chi connectivity index (χ4v) is 3.30. The van der Waals surface area contributed by atoms with Gasteiger partial charge in [0.25, 0.3) is 0 Å². The lowest BCUT2D eigenvalue weighted by Crippen LogP contribution is -2.03. The van der Waals surface area contributed by atoms with E-state index in [4.69, 9.17) is 0 Å². The van der Waals surface area contributed by atoms with Crippen LogP contribution in [-0.2, 0) is 27.0 Å². The van der Waals surface area contributed by atoms with Crippen molar-refractivity contribution < 1.29 is 13.7 Å². The third kappa shape index (κ3) is 4.53. The van der Waals surface area contributed by atoms with Crippen LogP contribution in [0.3, 0.4) is 0 Å². The lowest BCUT2D eigenvalue weighted by Gasteiger charge is -2.05. The van der Waals surface area contributed by atoms with Crippen LogP contribution in [0.4, 0.5) is 0 Å². The van der Waals surface area contributed by atoms with Crippen molar-refractivity contribution in [3.8, 4) is 0 Å². The van der Waals surface area contributed by atoms with E-state index >= 15 is 0 Å². The molecule has 0 aromatic heterocycles. The molecule has 1 unspecified atom stereocenters. The van der Waals surface area contributed by atoms with E-state index in [1.165, 1.54) is 12.7 Å². The number of hydrogen-bond donors (Lipinski definition) is 0. The third-order valence-corrected chi connectivity index (χ3v) is 4.42. The molecule has 0 aliphatic carbocycles. The van der Waals surface area contributed by atoms with Crippen LogP contribution >= 0.6 is 0 Å². The van der Waals surface area contributed by atoms with Crippen molar-refractivity contribution >= 4 is 16.8 Å². The van der Waals surface area contributed by atoms with Crippen LogP contribution in [0.5, 0.6) is 0 Å². The zero-order valence-corrected chi connectivity index (χ0v) is 13.0. The van der Waals surface area contributed by atoms with Crippen LogP contribution in [0.1, 0.15) is 27.0 Å². The van der Waals surface area contributed by atoms with Gasteiger partial charge in [0.1, 0.15) is 0 Å². The van der Waals surface area contributed by atoms with Gasteiger partial charge in [-0.15, -0.1) is 0 Å². The monoisotopic (exact) mass is 302 g/mol. The minimum atomic E-state index is -0.966. The molecule has 2 aromatic rings. The minimum absolute atomic E-state index is 0.359. The van der Waals surface area contributed by atoms with Crippen molar-refractivity contribution in [1.29, 1.82) is 0 Å². The molecule has 0 aliphatic heterocycles. The van der Waals surface area contributed by atoms with Crippen LogP contribution in [0.2, 0.25) is 0 Å². The third-order valence-electron chi connectivity index (χ3n) is 3.11.